The molecule has 0 saturated heterocycles. The number of hydrogen-bond donors (Lipinski definition) is 1. The minimum Gasteiger partial charge on any atom is -0.372 e. The van der Waals surface area contributed by atoms with E-state index in [0.717, 1.165) is 6.42 Å². The standard InChI is InChI=1S/C14H27NO/c1-5-13(2,3)16-12-10-11(15-4)14(12)8-6-7-9-14/h11-12,15H,5-10H2,1-4H3. The quantitative estimate of drug-likeness (QED) is 0.794. The van der Waals surface area contributed by atoms with Crippen LogP contribution in [0.15, 0.2) is 0 Å². The molecule has 0 aliphatic heterocycles. The van der Waals surface area contributed by atoms with Crippen LogP contribution in [0.25, 0.3) is 0 Å². The van der Waals surface area contributed by atoms with Crippen LogP contribution in [0.5, 0.6) is 0 Å². The molecule has 0 aromatic rings. The molecule has 2 saturated carbocycles. The lowest BCUT2D eigenvalue weighted by atomic mass is 9.60. The van der Waals surface area contributed by atoms with Gasteiger partial charge in [0.2, 0.25) is 0 Å². The van der Waals surface area contributed by atoms with Crippen molar-refractivity contribution in [3.63, 3.8) is 0 Å². The van der Waals surface area contributed by atoms with E-state index in [1.807, 2.05) is 0 Å². The zero-order valence-electron chi connectivity index (χ0n) is 11.3. The summed E-state index contributed by atoms with van der Waals surface area (Å²) in [4.78, 5) is 0. The Hall–Kier alpha value is -0.0800. The summed E-state index contributed by atoms with van der Waals surface area (Å²) in [5.74, 6) is 0. The van der Waals surface area contributed by atoms with E-state index in [0.29, 0.717) is 17.6 Å². The molecular formula is C14H27NO. The van der Waals surface area contributed by atoms with Crippen molar-refractivity contribution in [3.05, 3.63) is 0 Å². The lowest BCUT2D eigenvalue weighted by molar-refractivity contribution is -0.189. The minimum absolute atomic E-state index is 0.0545. The molecule has 0 amide bonds. The average Bonchev–Trinajstić information content (AvgIpc) is 2.75. The molecule has 0 bridgehead atoms. The number of nitrogens with one attached hydrogen (secondary N) is 1. The van der Waals surface area contributed by atoms with Gasteiger partial charge in [0, 0.05) is 11.5 Å². The zero-order valence-corrected chi connectivity index (χ0v) is 11.3. The van der Waals surface area contributed by atoms with Gasteiger partial charge in [-0.1, -0.05) is 19.8 Å². The van der Waals surface area contributed by atoms with Crippen molar-refractivity contribution in [1.29, 1.82) is 0 Å². The highest BCUT2D eigenvalue weighted by Gasteiger charge is 2.57. The molecular weight excluding hydrogens is 198 g/mol. The third-order valence-electron chi connectivity index (χ3n) is 4.98. The Bertz CT molecular complexity index is 243. The summed E-state index contributed by atoms with van der Waals surface area (Å²) < 4.78 is 6.35. The van der Waals surface area contributed by atoms with Crippen LogP contribution in [0, 0.1) is 5.41 Å². The maximum absolute atomic E-state index is 6.35. The molecule has 2 heteroatoms. The second-order valence-electron chi connectivity index (χ2n) is 6.24. The van der Waals surface area contributed by atoms with E-state index in [9.17, 15) is 0 Å². The van der Waals surface area contributed by atoms with Crippen LogP contribution < -0.4 is 5.32 Å². The topological polar surface area (TPSA) is 21.3 Å². The van der Waals surface area contributed by atoms with Crippen LogP contribution in [-0.2, 0) is 4.74 Å². The second kappa shape index (κ2) is 4.30. The molecule has 16 heavy (non-hydrogen) atoms. The van der Waals surface area contributed by atoms with Crippen molar-refractivity contribution in [2.24, 2.45) is 5.41 Å². The summed E-state index contributed by atoms with van der Waals surface area (Å²) in [6.07, 6.45) is 8.33. The molecule has 2 nitrogen and oxygen atoms in total. The van der Waals surface area contributed by atoms with Gasteiger partial charge in [0.05, 0.1) is 11.7 Å². The Morgan fingerprint density at radius 3 is 2.44 bits per heavy atom. The van der Waals surface area contributed by atoms with Gasteiger partial charge in [0.1, 0.15) is 0 Å². The number of hydrogen-bond acceptors (Lipinski definition) is 2. The van der Waals surface area contributed by atoms with E-state index >= 15 is 0 Å². The summed E-state index contributed by atoms with van der Waals surface area (Å²) in [7, 11) is 2.10. The first-order valence-electron chi connectivity index (χ1n) is 6.89. The summed E-state index contributed by atoms with van der Waals surface area (Å²) in [5.41, 5.74) is 0.528. The molecule has 0 heterocycles. The van der Waals surface area contributed by atoms with Gasteiger partial charge in [0.15, 0.2) is 0 Å². The van der Waals surface area contributed by atoms with E-state index < -0.39 is 0 Å². The van der Waals surface area contributed by atoms with Gasteiger partial charge in [-0.2, -0.15) is 0 Å². The fraction of sp³-hybridized carbons (Fsp3) is 1.00. The van der Waals surface area contributed by atoms with Crippen molar-refractivity contribution < 1.29 is 4.74 Å². The van der Waals surface area contributed by atoms with E-state index in [1.165, 1.54) is 32.1 Å². The third-order valence-corrected chi connectivity index (χ3v) is 4.98. The van der Waals surface area contributed by atoms with E-state index in [1.54, 1.807) is 0 Å². The molecule has 2 unspecified atom stereocenters. The van der Waals surface area contributed by atoms with Crippen molar-refractivity contribution in [2.45, 2.75) is 77.0 Å². The van der Waals surface area contributed by atoms with Gasteiger partial charge in [-0.25, -0.2) is 0 Å². The summed E-state index contributed by atoms with van der Waals surface area (Å²) in [6.45, 7) is 6.67. The molecule has 1 N–H and O–H groups in total. The van der Waals surface area contributed by atoms with Crippen LogP contribution in [0.2, 0.25) is 0 Å². The van der Waals surface area contributed by atoms with Crippen molar-refractivity contribution >= 4 is 0 Å². The molecule has 0 aromatic carbocycles. The van der Waals surface area contributed by atoms with E-state index in [-0.39, 0.29) is 5.60 Å². The Morgan fingerprint density at radius 2 is 1.94 bits per heavy atom. The van der Waals surface area contributed by atoms with Crippen LogP contribution in [0.4, 0.5) is 0 Å². The predicted molar refractivity (Wildman–Crippen MR) is 67.6 cm³/mol. The molecule has 2 aliphatic rings. The third kappa shape index (κ3) is 1.91. The summed E-state index contributed by atoms with van der Waals surface area (Å²) >= 11 is 0. The molecule has 94 valence electrons. The van der Waals surface area contributed by atoms with Crippen LogP contribution in [0.1, 0.15) is 59.3 Å². The SMILES string of the molecule is CCC(C)(C)OC1CC(NC)C12CCCC2. The first-order chi connectivity index (χ1) is 7.54. The molecule has 2 fully saturated rings. The van der Waals surface area contributed by atoms with Crippen molar-refractivity contribution in [3.8, 4) is 0 Å². The van der Waals surface area contributed by atoms with Gasteiger partial charge in [0.25, 0.3) is 0 Å². The van der Waals surface area contributed by atoms with E-state index in [4.69, 9.17) is 4.74 Å². The summed E-state index contributed by atoms with van der Waals surface area (Å²) in [5, 5.41) is 3.49. The fourth-order valence-electron chi connectivity index (χ4n) is 3.49. The maximum Gasteiger partial charge on any atom is 0.0668 e. The minimum atomic E-state index is 0.0545. The van der Waals surface area contributed by atoms with Crippen LogP contribution in [0.3, 0.4) is 0 Å². The first kappa shape index (κ1) is 12.4. The Balaban J connectivity index is 2.02. The van der Waals surface area contributed by atoms with Gasteiger partial charge in [-0.05, 0) is 46.6 Å². The molecule has 0 aromatic heterocycles. The molecule has 0 radical (unpaired) electrons. The monoisotopic (exact) mass is 225 g/mol. The number of rotatable bonds is 4. The van der Waals surface area contributed by atoms with Crippen molar-refractivity contribution in [1.82, 2.24) is 5.32 Å². The molecule has 2 aliphatic carbocycles. The highest BCUT2D eigenvalue weighted by molar-refractivity contribution is 5.10. The normalized spacial score (nSPS) is 33.0. The number of ether oxygens (including phenoxy) is 1. The molecule has 2 rings (SSSR count). The molecule has 2 atom stereocenters. The van der Waals surface area contributed by atoms with E-state index in [2.05, 4.69) is 33.1 Å². The largest absolute Gasteiger partial charge is 0.372 e. The van der Waals surface area contributed by atoms with Crippen molar-refractivity contribution in [2.75, 3.05) is 7.05 Å². The van der Waals surface area contributed by atoms with Gasteiger partial charge in [-0.3, -0.25) is 0 Å². The predicted octanol–water partition coefficient (Wildman–Crippen LogP) is 3.11. The Kier molecular flexibility index (Phi) is 3.33. The lowest BCUT2D eigenvalue weighted by Crippen LogP contribution is -2.63. The zero-order chi connectivity index (χ0) is 11.8. The van der Waals surface area contributed by atoms with Crippen LogP contribution in [-0.4, -0.2) is 24.8 Å². The van der Waals surface area contributed by atoms with Crippen LogP contribution >= 0.6 is 0 Å². The Morgan fingerprint density at radius 1 is 1.31 bits per heavy atom. The highest BCUT2D eigenvalue weighted by atomic mass is 16.5. The Labute approximate surface area is 100 Å². The summed E-state index contributed by atoms with van der Waals surface area (Å²) in [6, 6.07) is 0.702. The van der Waals surface area contributed by atoms with Gasteiger partial charge < -0.3 is 10.1 Å². The first-order valence-corrected chi connectivity index (χ1v) is 6.89. The fourth-order valence-corrected chi connectivity index (χ4v) is 3.49. The highest BCUT2D eigenvalue weighted by Crippen LogP contribution is 2.55. The van der Waals surface area contributed by atoms with Gasteiger partial charge in [-0.15, -0.1) is 0 Å². The smallest absolute Gasteiger partial charge is 0.0668 e. The lowest BCUT2D eigenvalue weighted by Gasteiger charge is -2.56. The maximum atomic E-state index is 6.35. The van der Waals surface area contributed by atoms with Gasteiger partial charge >= 0.3 is 0 Å². The molecule has 1 spiro atoms. The second-order valence-corrected chi connectivity index (χ2v) is 6.24. The average molecular weight is 225 g/mol.